The van der Waals surface area contributed by atoms with Crippen LogP contribution < -0.4 is 0 Å². The van der Waals surface area contributed by atoms with Crippen molar-refractivity contribution in [1.82, 2.24) is 9.80 Å². The van der Waals surface area contributed by atoms with Crippen LogP contribution in [0, 0.1) is 17.0 Å². The zero-order valence-electron chi connectivity index (χ0n) is 13.6. The van der Waals surface area contributed by atoms with Gasteiger partial charge in [0.2, 0.25) is 0 Å². The molecule has 0 amide bonds. The highest BCUT2D eigenvalue weighted by Crippen LogP contribution is 2.20. The fourth-order valence-corrected chi connectivity index (χ4v) is 2.73. The molecule has 0 atom stereocenters. The molecule has 0 unspecified atom stereocenters. The number of nitro benzene ring substituents is 1. The van der Waals surface area contributed by atoms with Crippen LogP contribution in [-0.2, 0) is 11.3 Å². The molecule has 23 heavy (non-hydrogen) atoms. The van der Waals surface area contributed by atoms with E-state index in [1.807, 2.05) is 6.07 Å². The van der Waals surface area contributed by atoms with Crippen LogP contribution in [0.1, 0.15) is 11.1 Å². The molecule has 1 aliphatic heterocycles. The maximum Gasteiger partial charge on any atom is 0.272 e. The molecule has 1 saturated heterocycles. The van der Waals surface area contributed by atoms with Gasteiger partial charge >= 0.3 is 0 Å². The van der Waals surface area contributed by atoms with Gasteiger partial charge in [0, 0.05) is 50.9 Å². The van der Waals surface area contributed by atoms with Crippen molar-refractivity contribution >= 4 is 5.69 Å². The fourth-order valence-electron chi connectivity index (χ4n) is 2.73. The maximum absolute atomic E-state index is 11.1. The Morgan fingerprint density at radius 1 is 1.35 bits per heavy atom. The molecule has 1 aliphatic rings. The van der Waals surface area contributed by atoms with Crippen molar-refractivity contribution < 1.29 is 14.8 Å². The van der Waals surface area contributed by atoms with Crippen molar-refractivity contribution in [3.05, 3.63) is 39.4 Å². The molecule has 1 heterocycles. The third-order valence-electron chi connectivity index (χ3n) is 4.13. The van der Waals surface area contributed by atoms with Gasteiger partial charge in [0.05, 0.1) is 24.7 Å². The molecule has 0 saturated carbocycles. The standard InChI is InChI=1S/C16H25N3O4/c1-14-2-3-15(12-16(14)19(21)22)13-18(6-9-20)5-4-17-7-10-23-11-8-17/h2-3,12,20H,4-11,13H2,1H3. The van der Waals surface area contributed by atoms with Crippen molar-refractivity contribution in [2.45, 2.75) is 13.5 Å². The van der Waals surface area contributed by atoms with Crippen molar-refractivity contribution in [1.29, 1.82) is 0 Å². The van der Waals surface area contributed by atoms with E-state index in [1.165, 1.54) is 0 Å². The van der Waals surface area contributed by atoms with Gasteiger partial charge in [-0.25, -0.2) is 0 Å². The van der Waals surface area contributed by atoms with Gasteiger partial charge in [0.15, 0.2) is 0 Å². The van der Waals surface area contributed by atoms with Crippen LogP contribution in [0.25, 0.3) is 0 Å². The van der Waals surface area contributed by atoms with E-state index in [9.17, 15) is 15.2 Å². The quantitative estimate of drug-likeness (QED) is 0.569. The van der Waals surface area contributed by atoms with Gasteiger partial charge < -0.3 is 9.84 Å². The Morgan fingerprint density at radius 3 is 2.74 bits per heavy atom. The van der Waals surface area contributed by atoms with Gasteiger partial charge in [-0.15, -0.1) is 0 Å². The van der Waals surface area contributed by atoms with E-state index in [-0.39, 0.29) is 17.2 Å². The van der Waals surface area contributed by atoms with Crippen LogP contribution in [-0.4, -0.2) is 72.4 Å². The summed E-state index contributed by atoms with van der Waals surface area (Å²) in [7, 11) is 0. The first-order valence-corrected chi connectivity index (χ1v) is 7.97. The second-order valence-electron chi connectivity index (χ2n) is 5.83. The smallest absolute Gasteiger partial charge is 0.272 e. The number of aliphatic hydroxyl groups excluding tert-OH is 1. The van der Waals surface area contributed by atoms with E-state index in [0.717, 1.165) is 45.0 Å². The van der Waals surface area contributed by atoms with Gasteiger partial charge in [0.25, 0.3) is 5.69 Å². The van der Waals surface area contributed by atoms with Gasteiger partial charge in [-0.3, -0.25) is 19.9 Å². The predicted octanol–water partition coefficient (Wildman–Crippen LogP) is 1.03. The first-order chi connectivity index (χ1) is 11.1. The predicted molar refractivity (Wildman–Crippen MR) is 87.5 cm³/mol. The molecule has 7 heteroatoms. The highest BCUT2D eigenvalue weighted by molar-refractivity contribution is 5.42. The molecule has 1 N–H and O–H groups in total. The normalized spacial score (nSPS) is 16.0. The fraction of sp³-hybridized carbons (Fsp3) is 0.625. The van der Waals surface area contributed by atoms with Crippen LogP contribution in [0.15, 0.2) is 18.2 Å². The minimum absolute atomic E-state index is 0.0804. The molecule has 1 aromatic carbocycles. The second-order valence-corrected chi connectivity index (χ2v) is 5.83. The molecule has 0 spiro atoms. The lowest BCUT2D eigenvalue weighted by Crippen LogP contribution is -2.41. The van der Waals surface area contributed by atoms with Gasteiger partial charge in [-0.05, 0) is 12.5 Å². The van der Waals surface area contributed by atoms with Gasteiger partial charge in [-0.2, -0.15) is 0 Å². The molecule has 128 valence electrons. The van der Waals surface area contributed by atoms with Crippen LogP contribution in [0.3, 0.4) is 0 Å². The summed E-state index contributed by atoms with van der Waals surface area (Å²) in [6.45, 7) is 8.13. The Morgan fingerprint density at radius 2 is 2.09 bits per heavy atom. The molecule has 1 aromatic rings. The summed E-state index contributed by atoms with van der Waals surface area (Å²) < 4.78 is 5.34. The van der Waals surface area contributed by atoms with Crippen molar-refractivity contribution in [3.63, 3.8) is 0 Å². The van der Waals surface area contributed by atoms with E-state index in [1.54, 1.807) is 19.1 Å². The summed E-state index contributed by atoms with van der Waals surface area (Å²) in [5, 5.41) is 20.3. The Hall–Kier alpha value is -1.54. The second kappa shape index (κ2) is 8.93. The third kappa shape index (κ3) is 5.54. The molecule has 0 bridgehead atoms. The Bertz CT molecular complexity index is 518. The number of hydrogen-bond acceptors (Lipinski definition) is 6. The molecule has 7 nitrogen and oxygen atoms in total. The molecule has 0 aliphatic carbocycles. The van der Waals surface area contributed by atoms with Crippen molar-refractivity contribution in [2.75, 3.05) is 52.5 Å². The molecule has 1 fully saturated rings. The van der Waals surface area contributed by atoms with E-state index >= 15 is 0 Å². The zero-order valence-corrected chi connectivity index (χ0v) is 13.6. The average Bonchev–Trinajstić information content (AvgIpc) is 2.55. The van der Waals surface area contributed by atoms with E-state index < -0.39 is 0 Å². The van der Waals surface area contributed by atoms with Crippen molar-refractivity contribution in [3.8, 4) is 0 Å². The van der Waals surface area contributed by atoms with Crippen LogP contribution in [0.2, 0.25) is 0 Å². The van der Waals surface area contributed by atoms with E-state index in [2.05, 4.69) is 9.80 Å². The van der Waals surface area contributed by atoms with E-state index in [0.29, 0.717) is 18.7 Å². The van der Waals surface area contributed by atoms with Crippen LogP contribution in [0.4, 0.5) is 5.69 Å². The summed E-state index contributed by atoms with van der Waals surface area (Å²) in [6, 6.07) is 5.34. The number of nitro groups is 1. The lowest BCUT2D eigenvalue weighted by Gasteiger charge is -2.29. The molecular formula is C16H25N3O4. The lowest BCUT2D eigenvalue weighted by molar-refractivity contribution is -0.385. The SMILES string of the molecule is Cc1ccc(CN(CCO)CCN2CCOCC2)cc1[N+](=O)[O-]. The summed E-state index contributed by atoms with van der Waals surface area (Å²) in [5.41, 5.74) is 1.72. The largest absolute Gasteiger partial charge is 0.395 e. The average molecular weight is 323 g/mol. The number of benzene rings is 1. The third-order valence-corrected chi connectivity index (χ3v) is 4.13. The minimum Gasteiger partial charge on any atom is -0.395 e. The number of aryl methyl sites for hydroxylation is 1. The van der Waals surface area contributed by atoms with Gasteiger partial charge in [0.1, 0.15) is 0 Å². The number of morpholine rings is 1. The minimum atomic E-state index is -0.344. The molecule has 0 radical (unpaired) electrons. The summed E-state index contributed by atoms with van der Waals surface area (Å²) in [6.07, 6.45) is 0. The Labute approximate surface area is 136 Å². The number of ether oxygens (including phenoxy) is 1. The number of rotatable bonds is 8. The number of aliphatic hydroxyl groups is 1. The van der Waals surface area contributed by atoms with Gasteiger partial charge in [-0.1, -0.05) is 12.1 Å². The Kier molecular flexibility index (Phi) is 6.91. The molecule has 2 rings (SSSR count). The maximum atomic E-state index is 11.1. The topological polar surface area (TPSA) is 79.1 Å². The summed E-state index contributed by atoms with van der Waals surface area (Å²) in [5.74, 6) is 0. The number of hydrogen-bond donors (Lipinski definition) is 1. The molecule has 0 aromatic heterocycles. The Balaban J connectivity index is 1.95. The van der Waals surface area contributed by atoms with Crippen LogP contribution in [0.5, 0.6) is 0 Å². The monoisotopic (exact) mass is 323 g/mol. The van der Waals surface area contributed by atoms with Crippen molar-refractivity contribution in [2.24, 2.45) is 0 Å². The summed E-state index contributed by atoms with van der Waals surface area (Å²) >= 11 is 0. The lowest BCUT2D eigenvalue weighted by atomic mass is 10.1. The highest BCUT2D eigenvalue weighted by atomic mass is 16.6. The number of nitrogens with zero attached hydrogens (tertiary/aromatic N) is 3. The van der Waals surface area contributed by atoms with Crippen LogP contribution >= 0.6 is 0 Å². The summed E-state index contributed by atoms with van der Waals surface area (Å²) in [4.78, 5) is 15.2. The highest BCUT2D eigenvalue weighted by Gasteiger charge is 2.15. The first kappa shape index (κ1) is 17.8. The van der Waals surface area contributed by atoms with E-state index in [4.69, 9.17) is 4.74 Å². The first-order valence-electron chi connectivity index (χ1n) is 7.97. The zero-order chi connectivity index (χ0) is 16.7. The molecular weight excluding hydrogens is 298 g/mol.